The van der Waals surface area contributed by atoms with Crippen LogP contribution in [-0.4, -0.2) is 9.97 Å². The van der Waals surface area contributed by atoms with Crippen LogP contribution in [0.1, 0.15) is 0 Å². The molecule has 4 heteroatoms. The molecule has 0 spiro atoms. The van der Waals surface area contributed by atoms with Gasteiger partial charge in [-0.3, -0.25) is 0 Å². The van der Waals surface area contributed by atoms with Gasteiger partial charge in [0.05, 0.1) is 5.69 Å². The number of fused-ring (bicyclic) bond motifs is 3. The summed E-state index contributed by atoms with van der Waals surface area (Å²) in [7, 11) is 0. The van der Waals surface area contributed by atoms with Crippen molar-refractivity contribution in [2.24, 2.45) is 0 Å². The van der Waals surface area contributed by atoms with Crippen molar-refractivity contribution < 1.29 is 0 Å². The molecule has 2 heterocycles. The van der Waals surface area contributed by atoms with Crippen LogP contribution >= 0.6 is 33.9 Å². The van der Waals surface area contributed by atoms with E-state index in [1.807, 2.05) is 17.4 Å². The lowest BCUT2D eigenvalue weighted by atomic mass is 9.99. The standard InChI is InChI=1S/C28H17IN2S/c29-26-17-23(21-14-8-16-25-27(21)22-13-6-7-15-24(22)32-25)30-28(31-26)20-12-5-4-11-19(20)18-9-2-1-3-10-18/h1-17H. The molecule has 0 fully saturated rings. The van der Waals surface area contributed by atoms with Gasteiger partial charge in [0.1, 0.15) is 3.70 Å². The third-order valence-corrected chi connectivity index (χ3v) is 7.31. The molecule has 0 unspecified atom stereocenters. The Labute approximate surface area is 203 Å². The van der Waals surface area contributed by atoms with E-state index in [4.69, 9.17) is 9.97 Å². The normalized spacial score (nSPS) is 11.3. The molecule has 6 rings (SSSR count). The van der Waals surface area contributed by atoms with Crippen LogP contribution in [0.15, 0.2) is 103 Å². The molecule has 6 aromatic rings. The Balaban J connectivity index is 1.59. The average Bonchev–Trinajstić information content (AvgIpc) is 3.23. The second-order valence-corrected chi connectivity index (χ2v) is 9.78. The first kappa shape index (κ1) is 19.6. The number of thiophene rings is 1. The van der Waals surface area contributed by atoms with Crippen molar-refractivity contribution in [1.29, 1.82) is 0 Å². The molecule has 0 saturated heterocycles. The van der Waals surface area contributed by atoms with Gasteiger partial charge in [-0.2, -0.15) is 0 Å². The van der Waals surface area contributed by atoms with Gasteiger partial charge in [-0.05, 0) is 51.9 Å². The van der Waals surface area contributed by atoms with Crippen molar-refractivity contribution in [3.8, 4) is 33.8 Å². The number of benzene rings is 4. The summed E-state index contributed by atoms with van der Waals surface area (Å²) in [5.74, 6) is 0.753. The highest BCUT2D eigenvalue weighted by Gasteiger charge is 2.15. The van der Waals surface area contributed by atoms with E-state index in [0.717, 1.165) is 37.5 Å². The van der Waals surface area contributed by atoms with E-state index in [1.54, 1.807) is 0 Å². The molecule has 0 aliphatic heterocycles. The van der Waals surface area contributed by atoms with Gasteiger partial charge in [-0.1, -0.05) is 84.9 Å². The van der Waals surface area contributed by atoms with Crippen LogP contribution in [-0.2, 0) is 0 Å². The van der Waals surface area contributed by atoms with Crippen LogP contribution in [0.3, 0.4) is 0 Å². The molecule has 32 heavy (non-hydrogen) atoms. The number of rotatable bonds is 3. The molecule has 0 atom stereocenters. The first-order valence-electron chi connectivity index (χ1n) is 10.4. The molecular weight excluding hydrogens is 523 g/mol. The van der Waals surface area contributed by atoms with E-state index in [2.05, 4.69) is 120 Å². The van der Waals surface area contributed by atoms with Crippen molar-refractivity contribution in [2.75, 3.05) is 0 Å². The number of hydrogen-bond donors (Lipinski definition) is 0. The van der Waals surface area contributed by atoms with Gasteiger partial charge < -0.3 is 0 Å². The fourth-order valence-corrected chi connectivity index (χ4v) is 5.87. The fourth-order valence-electron chi connectivity index (χ4n) is 4.21. The maximum Gasteiger partial charge on any atom is 0.161 e. The molecule has 0 amide bonds. The fraction of sp³-hybridized carbons (Fsp3) is 0. The first-order chi connectivity index (χ1) is 15.8. The summed E-state index contributed by atoms with van der Waals surface area (Å²) in [5.41, 5.74) is 5.45. The van der Waals surface area contributed by atoms with Crippen LogP contribution in [0.4, 0.5) is 0 Å². The molecule has 0 aliphatic carbocycles. The Morgan fingerprint density at radius 1 is 0.594 bits per heavy atom. The summed E-state index contributed by atoms with van der Waals surface area (Å²) < 4.78 is 3.51. The predicted molar refractivity (Wildman–Crippen MR) is 144 cm³/mol. The minimum atomic E-state index is 0.753. The lowest BCUT2D eigenvalue weighted by molar-refractivity contribution is 1.15. The molecule has 0 N–H and O–H groups in total. The van der Waals surface area contributed by atoms with Crippen LogP contribution in [0.25, 0.3) is 53.9 Å². The highest BCUT2D eigenvalue weighted by atomic mass is 127. The quantitative estimate of drug-likeness (QED) is 0.166. The molecule has 0 bridgehead atoms. The first-order valence-corrected chi connectivity index (χ1v) is 12.3. The molecule has 0 aliphatic rings. The number of hydrogen-bond acceptors (Lipinski definition) is 3. The lowest BCUT2D eigenvalue weighted by Crippen LogP contribution is -1.97. The summed E-state index contributed by atoms with van der Waals surface area (Å²) >= 11 is 4.13. The summed E-state index contributed by atoms with van der Waals surface area (Å²) in [6.07, 6.45) is 0. The van der Waals surface area contributed by atoms with Crippen molar-refractivity contribution >= 4 is 54.1 Å². The predicted octanol–water partition coefficient (Wildman–Crippen LogP) is 8.45. The third kappa shape index (κ3) is 3.40. The van der Waals surface area contributed by atoms with Crippen LogP contribution in [0, 0.1) is 3.70 Å². The lowest BCUT2D eigenvalue weighted by Gasteiger charge is -2.11. The zero-order valence-corrected chi connectivity index (χ0v) is 20.0. The minimum absolute atomic E-state index is 0.753. The number of nitrogens with zero attached hydrogens (tertiary/aromatic N) is 2. The van der Waals surface area contributed by atoms with Crippen molar-refractivity contribution in [3.63, 3.8) is 0 Å². The topological polar surface area (TPSA) is 25.8 Å². The van der Waals surface area contributed by atoms with E-state index < -0.39 is 0 Å². The van der Waals surface area contributed by atoms with Crippen molar-refractivity contribution in [3.05, 3.63) is 107 Å². The van der Waals surface area contributed by atoms with Gasteiger partial charge >= 0.3 is 0 Å². The molecular formula is C28H17IN2S. The zero-order valence-electron chi connectivity index (χ0n) is 17.0. The van der Waals surface area contributed by atoms with Gasteiger partial charge in [-0.25, -0.2) is 9.97 Å². The van der Waals surface area contributed by atoms with Gasteiger partial charge in [0.2, 0.25) is 0 Å². The van der Waals surface area contributed by atoms with E-state index in [9.17, 15) is 0 Å². The Morgan fingerprint density at radius 3 is 2.16 bits per heavy atom. The highest BCUT2D eigenvalue weighted by molar-refractivity contribution is 14.1. The molecule has 2 aromatic heterocycles. The van der Waals surface area contributed by atoms with Crippen LogP contribution in [0.5, 0.6) is 0 Å². The van der Waals surface area contributed by atoms with Gasteiger partial charge in [0.15, 0.2) is 5.82 Å². The Hall–Kier alpha value is -3.09. The smallest absolute Gasteiger partial charge is 0.161 e. The van der Waals surface area contributed by atoms with Crippen LogP contribution in [0.2, 0.25) is 0 Å². The summed E-state index contributed by atoms with van der Waals surface area (Å²) in [6.45, 7) is 0. The summed E-state index contributed by atoms with van der Waals surface area (Å²) in [4.78, 5) is 9.91. The third-order valence-electron chi connectivity index (χ3n) is 5.63. The SMILES string of the molecule is Ic1cc(-c2cccc3sc4ccccc4c23)nc(-c2ccccc2-c2ccccc2)n1. The number of halogens is 1. The molecule has 152 valence electrons. The molecule has 0 radical (unpaired) electrons. The van der Waals surface area contributed by atoms with E-state index in [1.165, 1.54) is 20.2 Å². The molecule has 4 aromatic carbocycles. The van der Waals surface area contributed by atoms with Gasteiger partial charge in [0.25, 0.3) is 0 Å². The minimum Gasteiger partial charge on any atom is -0.228 e. The average molecular weight is 540 g/mol. The van der Waals surface area contributed by atoms with Crippen molar-refractivity contribution in [1.82, 2.24) is 9.97 Å². The van der Waals surface area contributed by atoms with E-state index in [-0.39, 0.29) is 0 Å². The summed E-state index contributed by atoms with van der Waals surface area (Å²) in [6, 6.07) is 36.0. The second-order valence-electron chi connectivity index (χ2n) is 7.59. The van der Waals surface area contributed by atoms with Crippen LogP contribution < -0.4 is 0 Å². The van der Waals surface area contributed by atoms with E-state index in [0.29, 0.717) is 0 Å². The molecule has 0 saturated carbocycles. The van der Waals surface area contributed by atoms with Crippen molar-refractivity contribution in [2.45, 2.75) is 0 Å². The highest BCUT2D eigenvalue weighted by Crippen LogP contribution is 2.40. The second kappa shape index (κ2) is 8.11. The Bertz CT molecular complexity index is 1590. The zero-order chi connectivity index (χ0) is 21.5. The Morgan fingerprint density at radius 2 is 1.28 bits per heavy atom. The van der Waals surface area contributed by atoms with Gasteiger partial charge in [-0.15, -0.1) is 11.3 Å². The maximum absolute atomic E-state index is 5.09. The maximum atomic E-state index is 5.09. The van der Waals surface area contributed by atoms with Gasteiger partial charge in [0, 0.05) is 31.3 Å². The Kier molecular flexibility index (Phi) is 4.97. The summed E-state index contributed by atoms with van der Waals surface area (Å²) in [5, 5.41) is 2.55. The monoisotopic (exact) mass is 540 g/mol. The largest absolute Gasteiger partial charge is 0.228 e. The van der Waals surface area contributed by atoms with E-state index >= 15 is 0 Å². The molecule has 2 nitrogen and oxygen atoms in total. The number of aromatic nitrogens is 2.